The van der Waals surface area contributed by atoms with Crippen molar-refractivity contribution >= 4 is 47.0 Å². The van der Waals surface area contributed by atoms with Gasteiger partial charge in [0.05, 0.1) is 0 Å². The molecule has 2 heterocycles. The van der Waals surface area contributed by atoms with Gasteiger partial charge in [-0.1, -0.05) is 0 Å². The monoisotopic (exact) mass is 305 g/mol. The molecule has 1 saturated heterocycles. The molecule has 1 unspecified atom stereocenters. The van der Waals surface area contributed by atoms with Gasteiger partial charge in [0.2, 0.25) is 17.2 Å². The zero-order valence-corrected chi connectivity index (χ0v) is 12.8. The van der Waals surface area contributed by atoms with Gasteiger partial charge in [-0.15, -0.1) is 0 Å². The lowest BCUT2D eigenvalue weighted by Crippen LogP contribution is -2.24. The number of aromatic nitrogens is 3. The molecule has 1 aromatic heterocycles. The van der Waals surface area contributed by atoms with E-state index in [4.69, 9.17) is 11.6 Å². The molecule has 1 fully saturated rings. The molecule has 8 heteroatoms. The normalized spacial score (nSPS) is 19.6. The van der Waals surface area contributed by atoms with Crippen LogP contribution in [0.1, 0.15) is 0 Å². The van der Waals surface area contributed by atoms with Crippen LogP contribution in [0.5, 0.6) is 0 Å². The first-order chi connectivity index (χ1) is 8.65. The summed E-state index contributed by atoms with van der Waals surface area (Å²) in [6.45, 7) is 0.866. The zero-order valence-electron chi connectivity index (χ0n) is 10.4. The van der Waals surface area contributed by atoms with Crippen LogP contribution in [0.2, 0.25) is 5.28 Å². The fraction of sp³-hybridized carbons (Fsp3) is 0.700. The van der Waals surface area contributed by atoms with Gasteiger partial charge in [0.25, 0.3) is 0 Å². The summed E-state index contributed by atoms with van der Waals surface area (Å²) >= 11 is 9.88. The number of anilines is 2. The van der Waals surface area contributed by atoms with Crippen LogP contribution in [0.15, 0.2) is 0 Å². The van der Waals surface area contributed by atoms with E-state index in [9.17, 15) is 0 Å². The van der Waals surface area contributed by atoms with E-state index in [1.54, 1.807) is 0 Å². The molecule has 0 aliphatic carbocycles. The van der Waals surface area contributed by atoms with Crippen molar-refractivity contribution in [3.8, 4) is 0 Å². The number of hydrogen-bond acceptors (Lipinski definition) is 7. The van der Waals surface area contributed by atoms with Crippen LogP contribution in [0, 0.1) is 0 Å². The number of nitrogens with zero attached hydrogens (tertiary/aromatic N) is 4. The van der Waals surface area contributed by atoms with Crippen LogP contribution in [-0.4, -0.2) is 58.1 Å². The molecule has 1 aliphatic rings. The molecule has 0 radical (unpaired) electrons. The van der Waals surface area contributed by atoms with E-state index in [0.29, 0.717) is 17.1 Å². The molecule has 1 N–H and O–H groups in total. The predicted octanol–water partition coefficient (Wildman–Crippen LogP) is 1.85. The third kappa shape index (κ3) is 4.07. The third-order valence-corrected chi connectivity index (χ3v) is 5.38. The van der Waals surface area contributed by atoms with Gasteiger partial charge in [0.15, 0.2) is 0 Å². The van der Waals surface area contributed by atoms with Crippen LogP contribution in [-0.2, 0) is 0 Å². The van der Waals surface area contributed by atoms with E-state index in [2.05, 4.69) is 20.3 Å². The fourth-order valence-corrected chi connectivity index (χ4v) is 4.25. The van der Waals surface area contributed by atoms with Crippen molar-refractivity contribution in [3.63, 3.8) is 0 Å². The molecule has 1 atom stereocenters. The Kier molecular flexibility index (Phi) is 5.20. The Morgan fingerprint density at radius 2 is 2.17 bits per heavy atom. The first-order valence-electron chi connectivity index (χ1n) is 5.67. The summed E-state index contributed by atoms with van der Waals surface area (Å²) in [6, 6.07) is 0. The van der Waals surface area contributed by atoms with Gasteiger partial charge in [-0.3, -0.25) is 0 Å². The zero-order chi connectivity index (χ0) is 13.0. The standard InChI is InChI=1S/C10H16ClN5S2/c1-16(2)10-14-8(11)13-9(15-10)12-5-7-6-17-3-4-18-7/h7H,3-6H2,1-2H3,(H,12,13,14,15). The third-order valence-electron chi connectivity index (χ3n) is 2.37. The summed E-state index contributed by atoms with van der Waals surface area (Å²) in [5, 5.41) is 4.08. The maximum atomic E-state index is 5.88. The van der Waals surface area contributed by atoms with Crippen molar-refractivity contribution in [1.29, 1.82) is 0 Å². The van der Waals surface area contributed by atoms with Gasteiger partial charge >= 0.3 is 0 Å². The Hall–Kier alpha value is -0.400. The highest BCUT2D eigenvalue weighted by molar-refractivity contribution is 8.06. The van der Waals surface area contributed by atoms with Crippen molar-refractivity contribution < 1.29 is 0 Å². The minimum atomic E-state index is 0.224. The molecular formula is C10H16ClN5S2. The summed E-state index contributed by atoms with van der Waals surface area (Å²) in [4.78, 5) is 14.3. The molecule has 1 aromatic rings. The summed E-state index contributed by atoms with van der Waals surface area (Å²) in [7, 11) is 3.76. The van der Waals surface area contributed by atoms with E-state index in [-0.39, 0.29) is 5.28 Å². The highest BCUT2D eigenvalue weighted by atomic mass is 35.5. The van der Waals surface area contributed by atoms with Crippen molar-refractivity contribution in [2.24, 2.45) is 0 Å². The highest BCUT2D eigenvalue weighted by Gasteiger charge is 2.15. The van der Waals surface area contributed by atoms with Gasteiger partial charge in [-0.25, -0.2) is 0 Å². The Morgan fingerprint density at radius 1 is 1.33 bits per heavy atom. The minimum absolute atomic E-state index is 0.224. The van der Waals surface area contributed by atoms with Crippen LogP contribution < -0.4 is 10.2 Å². The van der Waals surface area contributed by atoms with Crippen LogP contribution in [0.25, 0.3) is 0 Å². The Balaban J connectivity index is 1.95. The lowest BCUT2D eigenvalue weighted by molar-refractivity contribution is 0.925. The second kappa shape index (κ2) is 6.68. The molecule has 0 spiro atoms. The summed E-state index contributed by atoms with van der Waals surface area (Å²) in [6.07, 6.45) is 0. The minimum Gasteiger partial charge on any atom is -0.353 e. The number of nitrogens with one attached hydrogen (secondary N) is 1. The van der Waals surface area contributed by atoms with Gasteiger partial charge in [0, 0.05) is 43.1 Å². The average Bonchev–Trinajstić information content (AvgIpc) is 2.37. The second-order valence-electron chi connectivity index (χ2n) is 4.07. The van der Waals surface area contributed by atoms with Gasteiger partial charge in [0.1, 0.15) is 0 Å². The number of halogens is 1. The first kappa shape index (κ1) is 14.0. The molecule has 1 aliphatic heterocycles. The lowest BCUT2D eigenvalue weighted by Gasteiger charge is -2.21. The van der Waals surface area contributed by atoms with Crippen molar-refractivity contribution in [1.82, 2.24) is 15.0 Å². The Morgan fingerprint density at radius 3 is 2.83 bits per heavy atom. The van der Waals surface area contributed by atoms with Gasteiger partial charge in [-0.05, 0) is 11.6 Å². The van der Waals surface area contributed by atoms with E-state index in [1.807, 2.05) is 42.5 Å². The van der Waals surface area contributed by atoms with Crippen molar-refractivity contribution in [2.45, 2.75) is 5.25 Å². The SMILES string of the molecule is CN(C)c1nc(Cl)nc(NCC2CSCCS2)n1. The number of thioether (sulfide) groups is 2. The molecule has 0 bridgehead atoms. The quantitative estimate of drug-likeness (QED) is 0.911. The predicted molar refractivity (Wildman–Crippen MR) is 81.2 cm³/mol. The molecular weight excluding hydrogens is 290 g/mol. The van der Waals surface area contributed by atoms with Crippen LogP contribution in [0.4, 0.5) is 11.9 Å². The van der Waals surface area contributed by atoms with Crippen LogP contribution >= 0.6 is 35.1 Å². The van der Waals surface area contributed by atoms with E-state index in [0.717, 1.165) is 6.54 Å². The van der Waals surface area contributed by atoms with E-state index >= 15 is 0 Å². The maximum Gasteiger partial charge on any atom is 0.230 e. The number of hydrogen-bond donors (Lipinski definition) is 1. The molecule has 0 saturated carbocycles. The summed E-state index contributed by atoms with van der Waals surface area (Å²) in [5.74, 6) is 4.77. The Bertz CT molecular complexity index is 398. The fourth-order valence-electron chi connectivity index (χ4n) is 1.48. The van der Waals surface area contributed by atoms with Crippen molar-refractivity contribution in [3.05, 3.63) is 5.28 Å². The van der Waals surface area contributed by atoms with E-state index < -0.39 is 0 Å². The van der Waals surface area contributed by atoms with E-state index in [1.165, 1.54) is 17.3 Å². The smallest absolute Gasteiger partial charge is 0.230 e. The average molecular weight is 306 g/mol. The molecule has 5 nitrogen and oxygen atoms in total. The molecule has 0 aromatic carbocycles. The largest absolute Gasteiger partial charge is 0.353 e. The maximum absolute atomic E-state index is 5.88. The second-order valence-corrected chi connectivity index (χ2v) is 6.97. The first-order valence-corrected chi connectivity index (χ1v) is 8.25. The number of rotatable bonds is 4. The Labute approximate surface area is 120 Å². The molecule has 18 heavy (non-hydrogen) atoms. The molecule has 100 valence electrons. The topological polar surface area (TPSA) is 53.9 Å². The lowest BCUT2D eigenvalue weighted by atomic mass is 10.5. The highest BCUT2D eigenvalue weighted by Crippen LogP contribution is 2.24. The van der Waals surface area contributed by atoms with Gasteiger partial charge < -0.3 is 10.2 Å². The van der Waals surface area contributed by atoms with Crippen LogP contribution in [0.3, 0.4) is 0 Å². The summed E-state index contributed by atoms with van der Waals surface area (Å²) < 4.78 is 0. The van der Waals surface area contributed by atoms with Gasteiger partial charge in [-0.2, -0.15) is 38.5 Å². The van der Waals surface area contributed by atoms with Crippen molar-refractivity contribution in [2.75, 3.05) is 48.1 Å². The summed E-state index contributed by atoms with van der Waals surface area (Å²) in [5.41, 5.74) is 0. The molecule has 0 amide bonds. The molecule has 2 rings (SSSR count).